The van der Waals surface area contributed by atoms with Crippen LogP contribution in [0.3, 0.4) is 0 Å². The molecule has 0 saturated heterocycles. The molecule has 3 aromatic rings. The number of pyridine rings is 1. The Bertz CT molecular complexity index is 886. The number of hydrogen-bond acceptors (Lipinski definition) is 2. The quantitative estimate of drug-likeness (QED) is 0.612. The van der Waals surface area contributed by atoms with Gasteiger partial charge in [-0.3, -0.25) is 0 Å². The van der Waals surface area contributed by atoms with Crippen LogP contribution in [0.25, 0.3) is 16.7 Å². The number of H-pyrrole nitrogens is 1. The van der Waals surface area contributed by atoms with Crippen LogP contribution in [0.2, 0.25) is 0 Å². The van der Waals surface area contributed by atoms with Crippen molar-refractivity contribution in [2.45, 2.75) is 25.7 Å². The predicted octanol–water partition coefficient (Wildman–Crippen LogP) is 2.36. The average Bonchev–Trinajstić information content (AvgIpc) is 2.87. The Morgan fingerprint density at radius 1 is 1.15 bits per heavy atom. The second-order valence-corrected chi connectivity index (χ2v) is 5.30. The smallest absolute Gasteiger partial charge is 0.306 e. The molecule has 2 N–H and O–H groups in total. The molecule has 4 rings (SSSR count). The number of aromatic nitrogens is 2. The van der Waals surface area contributed by atoms with E-state index in [-0.39, 0.29) is 5.88 Å². The van der Waals surface area contributed by atoms with Crippen molar-refractivity contribution >= 4 is 16.7 Å². The summed E-state index contributed by atoms with van der Waals surface area (Å²) < 4.78 is 1.78. The number of rotatable bonds is 0. The van der Waals surface area contributed by atoms with Crippen molar-refractivity contribution in [1.29, 1.82) is 5.26 Å². The van der Waals surface area contributed by atoms with Crippen molar-refractivity contribution in [2.24, 2.45) is 0 Å². The first-order valence-corrected chi connectivity index (χ1v) is 6.90. The standard InChI is InChI=1S/C16H13N3O/c17-9-12-10-5-1-2-6-11(10)16(20)19-14-8-4-3-7-13(14)18-15(12)19/h3-4,7-8H,1-2,5-6H2,(H,18,20)/p+1. The Hall–Kier alpha value is -2.54. The minimum Gasteiger partial charge on any atom is -0.477 e. The van der Waals surface area contributed by atoms with Crippen molar-refractivity contribution in [3.8, 4) is 11.9 Å². The summed E-state index contributed by atoms with van der Waals surface area (Å²) in [6.45, 7) is 0. The number of para-hydroxylation sites is 2. The molecule has 4 heteroatoms. The van der Waals surface area contributed by atoms with Gasteiger partial charge in [0.05, 0.1) is 0 Å². The van der Waals surface area contributed by atoms with Gasteiger partial charge in [-0.25, -0.2) is 4.98 Å². The van der Waals surface area contributed by atoms with E-state index in [1.807, 2.05) is 24.3 Å². The summed E-state index contributed by atoms with van der Waals surface area (Å²) in [6.07, 6.45) is 3.87. The van der Waals surface area contributed by atoms with Gasteiger partial charge < -0.3 is 5.11 Å². The number of imidazole rings is 1. The molecular weight excluding hydrogens is 250 g/mol. The molecule has 20 heavy (non-hydrogen) atoms. The van der Waals surface area contributed by atoms with Gasteiger partial charge in [0, 0.05) is 5.56 Å². The highest BCUT2D eigenvalue weighted by molar-refractivity contribution is 5.77. The van der Waals surface area contributed by atoms with Gasteiger partial charge in [0.15, 0.2) is 11.0 Å². The Labute approximate surface area is 115 Å². The van der Waals surface area contributed by atoms with E-state index in [2.05, 4.69) is 11.1 Å². The molecule has 0 spiro atoms. The van der Waals surface area contributed by atoms with Gasteiger partial charge in [0.1, 0.15) is 11.6 Å². The lowest BCUT2D eigenvalue weighted by molar-refractivity contribution is -0.493. The number of hydrogen-bond donors (Lipinski definition) is 2. The molecule has 4 nitrogen and oxygen atoms in total. The summed E-state index contributed by atoms with van der Waals surface area (Å²) in [5.74, 6) is 0.283. The van der Waals surface area contributed by atoms with Crippen LogP contribution < -0.4 is 4.40 Å². The zero-order chi connectivity index (χ0) is 13.7. The van der Waals surface area contributed by atoms with E-state index in [1.54, 1.807) is 4.40 Å². The number of fused-ring (bicyclic) bond motifs is 4. The predicted molar refractivity (Wildman–Crippen MR) is 74.5 cm³/mol. The monoisotopic (exact) mass is 264 g/mol. The fourth-order valence-corrected chi connectivity index (χ4v) is 3.30. The Kier molecular flexibility index (Phi) is 2.25. The van der Waals surface area contributed by atoms with E-state index in [1.165, 1.54) is 0 Å². The van der Waals surface area contributed by atoms with E-state index in [4.69, 9.17) is 0 Å². The van der Waals surface area contributed by atoms with Crippen LogP contribution in [0.1, 0.15) is 29.5 Å². The third kappa shape index (κ3) is 1.32. The molecular formula is C16H14N3O+. The number of aromatic hydroxyl groups is 1. The maximum Gasteiger partial charge on any atom is 0.306 e. The molecule has 98 valence electrons. The van der Waals surface area contributed by atoms with Gasteiger partial charge >= 0.3 is 5.65 Å². The molecule has 0 saturated carbocycles. The van der Waals surface area contributed by atoms with Crippen molar-refractivity contribution in [3.05, 3.63) is 41.0 Å². The Morgan fingerprint density at radius 3 is 2.70 bits per heavy atom. The van der Waals surface area contributed by atoms with Crippen molar-refractivity contribution in [1.82, 2.24) is 4.98 Å². The average molecular weight is 264 g/mol. The lowest BCUT2D eigenvalue weighted by Crippen LogP contribution is -2.26. The molecule has 2 aromatic heterocycles. The second-order valence-electron chi connectivity index (χ2n) is 5.30. The zero-order valence-electron chi connectivity index (χ0n) is 11.0. The van der Waals surface area contributed by atoms with Crippen LogP contribution >= 0.6 is 0 Å². The normalized spacial score (nSPS) is 14.3. The van der Waals surface area contributed by atoms with Gasteiger partial charge in [-0.2, -0.15) is 9.66 Å². The first kappa shape index (κ1) is 11.3. The largest absolute Gasteiger partial charge is 0.477 e. The van der Waals surface area contributed by atoms with Gasteiger partial charge in [-0.15, -0.1) is 0 Å². The molecule has 1 aliphatic carbocycles. The van der Waals surface area contributed by atoms with Gasteiger partial charge in [-0.1, -0.05) is 12.1 Å². The van der Waals surface area contributed by atoms with Crippen LogP contribution in [-0.2, 0) is 12.8 Å². The Morgan fingerprint density at radius 2 is 1.90 bits per heavy atom. The van der Waals surface area contributed by atoms with E-state index >= 15 is 0 Å². The van der Waals surface area contributed by atoms with Gasteiger partial charge in [-0.05, 0) is 43.4 Å². The summed E-state index contributed by atoms with van der Waals surface area (Å²) in [4.78, 5) is 3.27. The number of nitriles is 1. The highest BCUT2D eigenvalue weighted by Gasteiger charge is 2.28. The number of benzene rings is 1. The fraction of sp³-hybridized carbons (Fsp3) is 0.250. The highest BCUT2D eigenvalue weighted by Crippen LogP contribution is 2.31. The summed E-state index contributed by atoms with van der Waals surface area (Å²) in [7, 11) is 0. The van der Waals surface area contributed by atoms with Crippen LogP contribution in [-0.4, -0.2) is 10.1 Å². The topological polar surface area (TPSA) is 63.9 Å². The van der Waals surface area contributed by atoms with Gasteiger partial charge in [0.25, 0.3) is 5.88 Å². The number of aromatic amines is 1. The van der Waals surface area contributed by atoms with Crippen molar-refractivity contribution in [2.75, 3.05) is 0 Å². The Balaban J connectivity index is 2.27. The third-order valence-electron chi connectivity index (χ3n) is 4.22. The molecule has 0 atom stereocenters. The third-order valence-corrected chi connectivity index (χ3v) is 4.22. The number of nitrogens with one attached hydrogen (secondary N) is 1. The summed E-state index contributed by atoms with van der Waals surface area (Å²) >= 11 is 0. The van der Waals surface area contributed by atoms with E-state index in [9.17, 15) is 10.4 Å². The van der Waals surface area contributed by atoms with Crippen molar-refractivity contribution in [3.63, 3.8) is 0 Å². The van der Waals surface area contributed by atoms with E-state index < -0.39 is 0 Å². The highest BCUT2D eigenvalue weighted by atomic mass is 16.3. The first-order chi connectivity index (χ1) is 9.81. The molecule has 0 amide bonds. The molecule has 0 unspecified atom stereocenters. The molecule has 0 aliphatic heterocycles. The van der Waals surface area contributed by atoms with Crippen LogP contribution in [0, 0.1) is 11.3 Å². The summed E-state index contributed by atoms with van der Waals surface area (Å²) in [5.41, 5.74) is 5.17. The number of nitrogens with zero attached hydrogens (tertiary/aromatic N) is 2. The first-order valence-electron chi connectivity index (χ1n) is 6.90. The maximum absolute atomic E-state index is 10.6. The van der Waals surface area contributed by atoms with Crippen LogP contribution in [0.4, 0.5) is 0 Å². The lowest BCUT2D eigenvalue weighted by Gasteiger charge is -2.16. The molecule has 0 fully saturated rings. The minimum absolute atomic E-state index is 0.283. The molecule has 1 aliphatic rings. The minimum atomic E-state index is 0.283. The fourth-order valence-electron chi connectivity index (χ4n) is 3.30. The second kappa shape index (κ2) is 3.97. The van der Waals surface area contributed by atoms with Gasteiger partial charge in [0.2, 0.25) is 0 Å². The molecule has 0 radical (unpaired) electrons. The van der Waals surface area contributed by atoms with Crippen LogP contribution in [0.15, 0.2) is 24.3 Å². The zero-order valence-corrected chi connectivity index (χ0v) is 11.0. The SMILES string of the molecule is N#Cc1c2c(c(O)[n+]3c1[nH]c1ccccc13)CCCC2. The van der Waals surface area contributed by atoms with E-state index in [0.717, 1.165) is 47.8 Å². The maximum atomic E-state index is 10.6. The summed E-state index contributed by atoms with van der Waals surface area (Å²) in [6, 6.07) is 10.1. The molecule has 0 bridgehead atoms. The molecule has 1 aromatic carbocycles. The molecule has 2 heterocycles. The van der Waals surface area contributed by atoms with Crippen LogP contribution in [0.5, 0.6) is 5.88 Å². The van der Waals surface area contributed by atoms with E-state index in [0.29, 0.717) is 11.2 Å². The lowest BCUT2D eigenvalue weighted by atomic mass is 9.89. The van der Waals surface area contributed by atoms with Crippen molar-refractivity contribution < 1.29 is 9.51 Å². The summed E-state index contributed by atoms with van der Waals surface area (Å²) in [5, 5.41) is 20.2.